The number of halogens is 1. The first kappa shape index (κ1) is 13.6. The highest BCUT2D eigenvalue weighted by Gasteiger charge is 2.10. The van der Waals surface area contributed by atoms with Gasteiger partial charge in [0.15, 0.2) is 0 Å². The van der Waals surface area contributed by atoms with E-state index in [9.17, 15) is 9.59 Å². The molecular formula is C9H16ClN3O2S. The van der Waals surface area contributed by atoms with E-state index in [0.717, 1.165) is 31.1 Å². The highest BCUT2D eigenvalue weighted by atomic mass is 35.5. The lowest BCUT2D eigenvalue weighted by molar-refractivity contribution is -0.117. The normalized spacial score (nSPS) is 16.8. The van der Waals surface area contributed by atoms with E-state index >= 15 is 0 Å². The molecule has 0 bridgehead atoms. The summed E-state index contributed by atoms with van der Waals surface area (Å²) in [5.74, 6) is 1.62. The van der Waals surface area contributed by atoms with Crippen LogP contribution in [-0.4, -0.2) is 60.4 Å². The lowest BCUT2D eigenvalue weighted by Crippen LogP contribution is -2.44. The van der Waals surface area contributed by atoms with Gasteiger partial charge in [0, 0.05) is 37.7 Å². The minimum atomic E-state index is -0.478. The Morgan fingerprint density at radius 3 is 2.62 bits per heavy atom. The Bertz CT molecular complexity index is 247. The maximum Gasteiger partial charge on any atom is 0.321 e. The highest BCUT2D eigenvalue weighted by Crippen LogP contribution is 2.07. The van der Waals surface area contributed by atoms with Crippen LogP contribution >= 0.6 is 23.4 Å². The van der Waals surface area contributed by atoms with Crippen molar-refractivity contribution in [1.29, 1.82) is 0 Å². The molecule has 1 heterocycles. The number of nitrogens with one attached hydrogen (secondary N) is 2. The van der Waals surface area contributed by atoms with Crippen molar-refractivity contribution in [3.8, 4) is 0 Å². The molecule has 1 aliphatic rings. The summed E-state index contributed by atoms with van der Waals surface area (Å²) in [6.45, 7) is 3.50. The smallest absolute Gasteiger partial charge is 0.321 e. The average molecular weight is 266 g/mol. The predicted molar refractivity (Wildman–Crippen MR) is 66.0 cm³/mol. The third kappa shape index (κ3) is 5.58. The van der Waals surface area contributed by atoms with Crippen LogP contribution in [0.15, 0.2) is 0 Å². The number of imide groups is 1. The molecular weight excluding hydrogens is 250 g/mol. The van der Waals surface area contributed by atoms with Gasteiger partial charge in [-0.3, -0.25) is 15.0 Å². The van der Waals surface area contributed by atoms with Gasteiger partial charge in [-0.25, -0.2) is 4.79 Å². The number of amides is 3. The van der Waals surface area contributed by atoms with E-state index in [1.165, 1.54) is 0 Å². The summed E-state index contributed by atoms with van der Waals surface area (Å²) in [5, 5.41) is 4.74. The van der Waals surface area contributed by atoms with Gasteiger partial charge < -0.3 is 5.32 Å². The van der Waals surface area contributed by atoms with Crippen LogP contribution in [0.5, 0.6) is 0 Å². The van der Waals surface area contributed by atoms with E-state index in [4.69, 9.17) is 11.6 Å². The summed E-state index contributed by atoms with van der Waals surface area (Å²) in [4.78, 5) is 24.2. The topological polar surface area (TPSA) is 61.4 Å². The Labute approximate surface area is 104 Å². The van der Waals surface area contributed by atoms with E-state index in [-0.39, 0.29) is 5.88 Å². The number of thioether (sulfide) groups is 1. The number of nitrogens with zero attached hydrogens (tertiary/aromatic N) is 1. The molecule has 16 heavy (non-hydrogen) atoms. The first-order valence-corrected chi connectivity index (χ1v) is 6.85. The molecule has 5 nitrogen and oxygen atoms in total. The van der Waals surface area contributed by atoms with Crippen molar-refractivity contribution in [2.24, 2.45) is 0 Å². The molecule has 92 valence electrons. The fourth-order valence-corrected chi connectivity index (χ4v) is 2.40. The number of carbonyl (C=O) groups excluding carboxylic acids is 2. The van der Waals surface area contributed by atoms with Crippen LogP contribution in [0.3, 0.4) is 0 Å². The molecule has 1 saturated heterocycles. The third-order valence-electron chi connectivity index (χ3n) is 2.19. The summed E-state index contributed by atoms with van der Waals surface area (Å²) in [6.07, 6.45) is 0. The van der Waals surface area contributed by atoms with E-state index in [2.05, 4.69) is 15.5 Å². The van der Waals surface area contributed by atoms with Gasteiger partial charge >= 0.3 is 6.03 Å². The summed E-state index contributed by atoms with van der Waals surface area (Å²) in [5.41, 5.74) is 0. The SMILES string of the molecule is O=C(CCl)NC(=O)NCCN1CCSCC1. The Morgan fingerprint density at radius 2 is 2.00 bits per heavy atom. The maximum atomic E-state index is 11.1. The predicted octanol–water partition coefficient (Wildman–Crippen LogP) is 0.0998. The number of alkyl halides is 1. The van der Waals surface area contributed by atoms with Crippen LogP contribution in [0.25, 0.3) is 0 Å². The molecule has 1 rings (SSSR count). The molecule has 3 amide bonds. The first-order valence-electron chi connectivity index (χ1n) is 5.16. The van der Waals surface area contributed by atoms with Crippen molar-refractivity contribution < 1.29 is 9.59 Å². The van der Waals surface area contributed by atoms with Crippen molar-refractivity contribution in [2.45, 2.75) is 0 Å². The molecule has 0 unspecified atom stereocenters. The zero-order valence-corrected chi connectivity index (χ0v) is 10.6. The summed E-state index contributed by atoms with van der Waals surface area (Å²) in [6, 6.07) is -0.475. The fourth-order valence-electron chi connectivity index (χ4n) is 1.36. The minimum absolute atomic E-state index is 0.198. The molecule has 0 aliphatic carbocycles. The quantitative estimate of drug-likeness (QED) is 0.708. The second-order valence-electron chi connectivity index (χ2n) is 3.39. The molecule has 0 atom stereocenters. The van der Waals surface area contributed by atoms with Crippen LogP contribution < -0.4 is 10.6 Å². The fraction of sp³-hybridized carbons (Fsp3) is 0.778. The van der Waals surface area contributed by atoms with Crippen LogP contribution in [0.4, 0.5) is 4.79 Å². The zero-order valence-electron chi connectivity index (χ0n) is 9.00. The number of hydrogen-bond donors (Lipinski definition) is 2. The van der Waals surface area contributed by atoms with Crippen molar-refractivity contribution >= 4 is 35.3 Å². The van der Waals surface area contributed by atoms with Crippen LogP contribution in [0.2, 0.25) is 0 Å². The van der Waals surface area contributed by atoms with Crippen LogP contribution in [0, 0.1) is 0 Å². The Morgan fingerprint density at radius 1 is 1.31 bits per heavy atom. The van der Waals surface area contributed by atoms with Crippen LogP contribution in [-0.2, 0) is 4.79 Å². The number of hydrogen-bond acceptors (Lipinski definition) is 4. The average Bonchev–Trinajstić information content (AvgIpc) is 2.30. The van der Waals surface area contributed by atoms with Gasteiger partial charge in [-0.1, -0.05) is 0 Å². The molecule has 0 spiro atoms. The molecule has 1 aliphatic heterocycles. The summed E-state index contributed by atoms with van der Waals surface area (Å²) >= 11 is 7.20. The van der Waals surface area contributed by atoms with Crippen molar-refractivity contribution in [2.75, 3.05) is 43.6 Å². The molecule has 7 heteroatoms. The van der Waals surface area contributed by atoms with E-state index in [1.54, 1.807) is 0 Å². The minimum Gasteiger partial charge on any atom is -0.337 e. The monoisotopic (exact) mass is 265 g/mol. The lowest BCUT2D eigenvalue weighted by atomic mass is 10.4. The van der Waals surface area contributed by atoms with Crippen molar-refractivity contribution in [1.82, 2.24) is 15.5 Å². The Kier molecular flexibility index (Phi) is 6.59. The van der Waals surface area contributed by atoms with Crippen LogP contribution in [0.1, 0.15) is 0 Å². The highest BCUT2D eigenvalue weighted by molar-refractivity contribution is 7.99. The number of rotatable bonds is 4. The van der Waals surface area contributed by atoms with Gasteiger partial charge in [-0.15, -0.1) is 11.6 Å². The Balaban J connectivity index is 2.05. The molecule has 0 aromatic carbocycles. The Hall–Kier alpha value is -0.460. The molecule has 1 fully saturated rings. The van der Waals surface area contributed by atoms with Gasteiger partial charge in [-0.05, 0) is 0 Å². The summed E-state index contributed by atoms with van der Waals surface area (Å²) < 4.78 is 0. The molecule has 0 aromatic heterocycles. The van der Waals surface area contributed by atoms with Gasteiger partial charge in [0.25, 0.3) is 0 Å². The van der Waals surface area contributed by atoms with Gasteiger partial charge in [0.2, 0.25) is 5.91 Å². The number of carbonyl (C=O) groups is 2. The van der Waals surface area contributed by atoms with Crippen molar-refractivity contribution in [3.05, 3.63) is 0 Å². The van der Waals surface area contributed by atoms with E-state index < -0.39 is 11.9 Å². The molecule has 0 saturated carbocycles. The third-order valence-corrected chi connectivity index (χ3v) is 3.38. The zero-order chi connectivity index (χ0) is 11.8. The molecule has 2 N–H and O–H groups in total. The lowest BCUT2D eigenvalue weighted by Gasteiger charge is -2.25. The van der Waals surface area contributed by atoms with Gasteiger partial charge in [0.1, 0.15) is 5.88 Å². The summed E-state index contributed by atoms with van der Waals surface area (Å²) in [7, 11) is 0. The van der Waals surface area contributed by atoms with Gasteiger partial charge in [-0.2, -0.15) is 11.8 Å². The largest absolute Gasteiger partial charge is 0.337 e. The first-order chi connectivity index (χ1) is 7.72. The van der Waals surface area contributed by atoms with Gasteiger partial charge in [0.05, 0.1) is 0 Å². The second kappa shape index (κ2) is 7.76. The second-order valence-corrected chi connectivity index (χ2v) is 4.88. The molecule has 0 radical (unpaired) electrons. The maximum absolute atomic E-state index is 11.1. The van der Waals surface area contributed by atoms with Crippen molar-refractivity contribution in [3.63, 3.8) is 0 Å². The van der Waals surface area contributed by atoms with E-state index in [0.29, 0.717) is 6.54 Å². The standard InChI is InChI=1S/C9H16ClN3O2S/c10-7-8(14)12-9(15)11-1-2-13-3-5-16-6-4-13/h1-7H2,(H2,11,12,14,15). The number of urea groups is 1. The van der Waals surface area contributed by atoms with E-state index in [1.807, 2.05) is 11.8 Å². The molecule has 0 aromatic rings.